The van der Waals surface area contributed by atoms with E-state index in [1.807, 2.05) is 0 Å². The topological polar surface area (TPSA) is 124 Å². The van der Waals surface area contributed by atoms with E-state index >= 15 is 0 Å². The van der Waals surface area contributed by atoms with Gasteiger partial charge in [-0.25, -0.2) is 0 Å². The summed E-state index contributed by atoms with van der Waals surface area (Å²) in [7, 11) is -4.42. The number of unbranched alkanes of at least 4 members (excludes halogenated alkanes) is 12. The van der Waals surface area contributed by atoms with Crippen LogP contribution >= 0.6 is 0 Å². The van der Waals surface area contributed by atoms with E-state index < -0.39 is 40.0 Å². The Bertz CT molecular complexity index is 677. The molecule has 0 saturated carbocycles. The Hall–Kier alpha value is -1.22. The molecule has 35 heavy (non-hydrogen) atoms. The minimum Gasteiger partial charge on any atom is -0.387 e. The van der Waals surface area contributed by atoms with Crippen LogP contribution in [0.3, 0.4) is 0 Å². The molecule has 3 atom stereocenters. The van der Waals surface area contributed by atoms with Crippen molar-refractivity contribution in [2.75, 3.05) is 5.75 Å². The van der Waals surface area contributed by atoms with Crippen molar-refractivity contribution in [3.05, 3.63) is 24.3 Å². The Balaban J connectivity index is 4.34. The third-order valence-electron chi connectivity index (χ3n) is 5.98. The van der Waals surface area contributed by atoms with Crippen molar-refractivity contribution < 1.29 is 28.0 Å². The molecule has 8 heteroatoms. The molecule has 0 aliphatic rings. The van der Waals surface area contributed by atoms with Gasteiger partial charge < -0.3 is 15.5 Å². The number of carbonyl (C=O) groups excluding carboxylic acids is 1. The van der Waals surface area contributed by atoms with Gasteiger partial charge in [-0.3, -0.25) is 9.35 Å². The fourth-order valence-corrected chi connectivity index (χ4v) is 4.53. The van der Waals surface area contributed by atoms with Crippen molar-refractivity contribution in [2.45, 2.75) is 135 Å². The maximum atomic E-state index is 12.4. The zero-order valence-corrected chi connectivity index (χ0v) is 22.9. The van der Waals surface area contributed by atoms with Gasteiger partial charge in [0.1, 0.15) is 6.10 Å². The van der Waals surface area contributed by atoms with Gasteiger partial charge in [-0.15, -0.1) is 0 Å². The largest absolute Gasteiger partial charge is 0.387 e. The summed E-state index contributed by atoms with van der Waals surface area (Å²) < 4.78 is 31.9. The van der Waals surface area contributed by atoms with Gasteiger partial charge in [0.25, 0.3) is 10.1 Å². The predicted octanol–water partition coefficient (Wildman–Crippen LogP) is 5.47. The second-order valence-corrected chi connectivity index (χ2v) is 11.0. The molecule has 0 radical (unpaired) electrons. The van der Waals surface area contributed by atoms with E-state index in [-0.39, 0.29) is 6.42 Å². The smallest absolute Gasteiger partial charge is 0.267 e. The average molecular weight is 518 g/mol. The number of aliphatic hydroxyl groups excluding tert-OH is 2. The molecule has 0 aromatic carbocycles. The summed E-state index contributed by atoms with van der Waals surface area (Å²) in [5.74, 6) is -1.56. The normalized spacial score (nSPS) is 15.0. The number of hydrogen-bond acceptors (Lipinski definition) is 5. The van der Waals surface area contributed by atoms with Crippen molar-refractivity contribution in [3.63, 3.8) is 0 Å². The molecule has 0 spiro atoms. The number of allylic oxidation sites excluding steroid dienone is 3. The monoisotopic (exact) mass is 517 g/mol. The van der Waals surface area contributed by atoms with Crippen molar-refractivity contribution in [1.29, 1.82) is 0 Å². The van der Waals surface area contributed by atoms with Crippen LogP contribution in [0.4, 0.5) is 0 Å². The van der Waals surface area contributed by atoms with Crippen LogP contribution in [0, 0.1) is 0 Å². The molecule has 0 aromatic heterocycles. The second-order valence-electron chi connectivity index (χ2n) is 9.46. The molecule has 0 fully saturated rings. The number of rotatable bonds is 23. The highest BCUT2D eigenvalue weighted by atomic mass is 32.2. The molecular formula is C27H51NO6S. The fraction of sp³-hybridized carbons (Fsp3) is 0.815. The number of carbonyl (C=O) groups is 1. The van der Waals surface area contributed by atoms with Crippen LogP contribution in [0.1, 0.15) is 117 Å². The van der Waals surface area contributed by atoms with Crippen LogP contribution in [0.2, 0.25) is 0 Å². The lowest BCUT2D eigenvalue weighted by Gasteiger charge is -2.22. The highest BCUT2D eigenvalue weighted by Crippen LogP contribution is 2.11. The molecule has 206 valence electrons. The van der Waals surface area contributed by atoms with Crippen LogP contribution in [0.25, 0.3) is 0 Å². The first kappa shape index (κ1) is 33.8. The molecule has 0 aliphatic heterocycles. The quantitative estimate of drug-likeness (QED) is 0.0809. The first-order valence-electron chi connectivity index (χ1n) is 13.6. The first-order valence-corrected chi connectivity index (χ1v) is 15.3. The minimum atomic E-state index is -4.42. The number of aliphatic hydroxyl groups is 2. The predicted molar refractivity (Wildman–Crippen MR) is 144 cm³/mol. The molecule has 4 N–H and O–H groups in total. The van der Waals surface area contributed by atoms with E-state index in [1.54, 1.807) is 6.08 Å². The van der Waals surface area contributed by atoms with Gasteiger partial charge in [-0.2, -0.15) is 8.42 Å². The zero-order chi connectivity index (χ0) is 26.4. The third kappa shape index (κ3) is 21.8. The molecular weight excluding hydrogens is 466 g/mol. The van der Waals surface area contributed by atoms with E-state index in [0.717, 1.165) is 64.2 Å². The van der Waals surface area contributed by atoms with Gasteiger partial charge in [0.15, 0.2) is 0 Å². The average Bonchev–Trinajstić information content (AvgIpc) is 2.80. The Labute approximate surface area is 214 Å². The highest BCUT2D eigenvalue weighted by molar-refractivity contribution is 7.85. The van der Waals surface area contributed by atoms with E-state index in [2.05, 4.69) is 31.3 Å². The summed E-state index contributed by atoms with van der Waals surface area (Å²) in [6.07, 6.45) is 21.2. The van der Waals surface area contributed by atoms with E-state index in [1.165, 1.54) is 31.8 Å². The summed E-state index contributed by atoms with van der Waals surface area (Å²) >= 11 is 0. The Morgan fingerprint density at radius 1 is 0.771 bits per heavy atom. The highest BCUT2D eigenvalue weighted by Gasteiger charge is 2.27. The second kappa shape index (κ2) is 22.0. The molecule has 0 aliphatic carbocycles. The van der Waals surface area contributed by atoms with Crippen molar-refractivity contribution in [3.8, 4) is 0 Å². The lowest BCUT2D eigenvalue weighted by Crippen LogP contribution is -2.50. The molecule has 0 aromatic rings. The lowest BCUT2D eigenvalue weighted by atomic mass is 10.1. The van der Waals surface area contributed by atoms with Crippen LogP contribution < -0.4 is 5.32 Å². The van der Waals surface area contributed by atoms with E-state index in [0.29, 0.717) is 6.42 Å². The molecule has 0 bridgehead atoms. The molecule has 0 saturated heterocycles. The summed E-state index contributed by atoms with van der Waals surface area (Å²) in [6.45, 7) is 4.34. The van der Waals surface area contributed by atoms with Crippen LogP contribution in [-0.4, -0.2) is 53.1 Å². The number of nitrogens with one attached hydrogen (secondary N) is 1. The van der Waals surface area contributed by atoms with Crippen molar-refractivity contribution in [1.82, 2.24) is 5.32 Å². The first-order chi connectivity index (χ1) is 16.7. The van der Waals surface area contributed by atoms with Gasteiger partial charge >= 0.3 is 0 Å². The van der Waals surface area contributed by atoms with Crippen molar-refractivity contribution >= 4 is 16.0 Å². The molecule has 0 heterocycles. The molecule has 1 amide bonds. The van der Waals surface area contributed by atoms with Gasteiger partial charge in [0.05, 0.1) is 17.9 Å². The van der Waals surface area contributed by atoms with Crippen molar-refractivity contribution in [2.24, 2.45) is 0 Å². The summed E-state index contributed by atoms with van der Waals surface area (Å²) in [5, 5.41) is 22.9. The fourth-order valence-electron chi connectivity index (χ4n) is 3.80. The lowest BCUT2D eigenvalue weighted by molar-refractivity contribution is -0.130. The number of amides is 1. The van der Waals surface area contributed by atoms with E-state index in [4.69, 9.17) is 0 Å². The molecule has 0 rings (SSSR count). The summed E-state index contributed by atoms with van der Waals surface area (Å²) in [4.78, 5) is 12.4. The maximum Gasteiger partial charge on any atom is 0.267 e. The summed E-state index contributed by atoms with van der Waals surface area (Å²) in [5.41, 5.74) is 0. The van der Waals surface area contributed by atoms with Gasteiger partial charge in [-0.05, 0) is 44.9 Å². The van der Waals surface area contributed by atoms with Gasteiger partial charge in [0.2, 0.25) is 5.91 Å². The van der Waals surface area contributed by atoms with Crippen LogP contribution in [0.5, 0.6) is 0 Å². The van der Waals surface area contributed by atoms with E-state index in [9.17, 15) is 28.0 Å². The van der Waals surface area contributed by atoms with Gasteiger partial charge in [-0.1, -0.05) is 95.9 Å². The number of hydrogen-bond donors (Lipinski definition) is 4. The SMILES string of the molecule is CCCCC/C=C\CCCCCCC(O)C(=O)NC(CS(=O)(=O)O)C(O)/C=C/CCCCCCC. The third-order valence-corrected chi connectivity index (χ3v) is 6.76. The Morgan fingerprint density at radius 3 is 1.83 bits per heavy atom. The standard InChI is InChI=1S/C27H51NO6S/c1-3-5-7-9-11-12-13-14-16-18-20-22-26(30)27(31)28-24(23-35(32,33)34)25(29)21-19-17-15-10-8-6-4-2/h11-12,19,21,24-26,29-30H,3-10,13-18,20,22-23H2,1-2H3,(H,28,31)(H,32,33,34)/b12-11-,21-19+. The van der Waals surface area contributed by atoms with Gasteiger partial charge in [0, 0.05) is 0 Å². The Morgan fingerprint density at radius 2 is 1.26 bits per heavy atom. The zero-order valence-electron chi connectivity index (χ0n) is 22.0. The molecule has 3 unspecified atom stereocenters. The Kier molecular flexibility index (Phi) is 21.2. The minimum absolute atomic E-state index is 0.265. The maximum absolute atomic E-state index is 12.4. The van der Waals surface area contributed by atoms with Crippen LogP contribution in [0.15, 0.2) is 24.3 Å². The summed E-state index contributed by atoms with van der Waals surface area (Å²) in [6, 6.07) is -1.23. The molecule has 7 nitrogen and oxygen atoms in total. The van der Waals surface area contributed by atoms with Crippen LogP contribution in [-0.2, 0) is 14.9 Å².